The number of nitrogens with one attached hydrogen (secondary N) is 2. The Morgan fingerprint density at radius 1 is 1.32 bits per heavy atom. The third-order valence-electron chi connectivity index (χ3n) is 4.44. The van der Waals surface area contributed by atoms with Gasteiger partial charge in [0.1, 0.15) is 6.04 Å². The summed E-state index contributed by atoms with van der Waals surface area (Å²) in [7, 11) is 0. The van der Waals surface area contributed by atoms with Crippen molar-refractivity contribution < 1.29 is 14.5 Å². The first kappa shape index (κ1) is 19.6. The molecular formula is C15H21ClN4O4S. The molecule has 2 atom stereocenters. The van der Waals surface area contributed by atoms with Crippen molar-refractivity contribution in [1.29, 1.82) is 0 Å². The molecule has 2 saturated heterocycles. The van der Waals surface area contributed by atoms with E-state index in [-0.39, 0.29) is 35.3 Å². The number of carbonyl (C=O) groups is 2. The molecule has 1 aromatic heterocycles. The fourth-order valence-corrected chi connectivity index (χ4v) is 4.01. The second kappa shape index (κ2) is 8.59. The molecule has 2 amide bonds. The number of hydrogen-bond acceptors (Lipinski definition) is 6. The van der Waals surface area contributed by atoms with Gasteiger partial charge >= 0.3 is 5.00 Å². The number of piperidine rings is 1. The van der Waals surface area contributed by atoms with Crippen LogP contribution in [0.3, 0.4) is 0 Å². The van der Waals surface area contributed by atoms with Gasteiger partial charge in [0.2, 0.25) is 5.91 Å². The predicted molar refractivity (Wildman–Crippen MR) is 96.3 cm³/mol. The molecule has 138 valence electrons. The third kappa shape index (κ3) is 4.47. The van der Waals surface area contributed by atoms with Crippen LogP contribution in [-0.2, 0) is 4.79 Å². The Morgan fingerprint density at radius 3 is 2.76 bits per heavy atom. The molecule has 0 radical (unpaired) electrons. The second-order valence-electron chi connectivity index (χ2n) is 6.10. The van der Waals surface area contributed by atoms with Crippen LogP contribution in [0.15, 0.2) is 12.1 Å². The predicted octanol–water partition coefficient (Wildman–Crippen LogP) is 1.55. The average molecular weight is 389 g/mol. The van der Waals surface area contributed by atoms with E-state index in [2.05, 4.69) is 10.6 Å². The number of rotatable bonds is 4. The fourth-order valence-electron chi connectivity index (χ4n) is 3.24. The van der Waals surface area contributed by atoms with Gasteiger partial charge in [-0.2, -0.15) is 0 Å². The molecule has 0 aliphatic carbocycles. The summed E-state index contributed by atoms with van der Waals surface area (Å²) >= 11 is 0.853. The summed E-state index contributed by atoms with van der Waals surface area (Å²) < 4.78 is 0. The first-order valence-electron chi connectivity index (χ1n) is 8.12. The highest BCUT2D eigenvalue weighted by molar-refractivity contribution is 7.17. The Labute approximate surface area is 155 Å². The molecule has 1 aromatic rings. The summed E-state index contributed by atoms with van der Waals surface area (Å²) in [6, 6.07) is 2.41. The first-order valence-corrected chi connectivity index (χ1v) is 8.94. The molecule has 2 aliphatic rings. The number of halogens is 1. The molecule has 0 aromatic carbocycles. The van der Waals surface area contributed by atoms with Crippen LogP contribution in [0.5, 0.6) is 0 Å². The van der Waals surface area contributed by atoms with Crippen molar-refractivity contribution in [3.05, 3.63) is 27.1 Å². The lowest BCUT2D eigenvalue weighted by molar-refractivity contribution is -0.380. The third-order valence-corrected chi connectivity index (χ3v) is 5.47. The van der Waals surface area contributed by atoms with Crippen molar-refractivity contribution in [3.63, 3.8) is 0 Å². The van der Waals surface area contributed by atoms with Gasteiger partial charge in [0, 0.05) is 25.2 Å². The zero-order valence-electron chi connectivity index (χ0n) is 13.6. The molecule has 8 nitrogen and oxygen atoms in total. The molecule has 1 unspecified atom stereocenters. The smallest absolute Gasteiger partial charge is 0.324 e. The number of nitrogens with zero attached hydrogens (tertiary/aromatic N) is 2. The van der Waals surface area contributed by atoms with Crippen molar-refractivity contribution >= 4 is 40.6 Å². The molecular weight excluding hydrogens is 368 g/mol. The van der Waals surface area contributed by atoms with E-state index in [0.29, 0.717) is 17.8 Å². The largest absolute Gasteiger partial charge is 0.350 e. The molecule has 2 aliphatic heterocycles. The van der Waals surface area contributed by atoms with Gasteiger partial charge in [-0.1, -0.05) is 11.3 Å². The standard InChI is InChI=1S/C15H20N4O4S.ClH/c20-14(17-10-3-1-7-16-9-10)11-4-2-8-18(11)15(21)12-5-6-13(24-12)19(22)23;/h5-6,10-11,16H,1-4,7-9H2,(H,17,20);1H/t10-,11?;/m0./s1. The summed E-state index contributed by atoms with van der Waals surface area (Å²) in [4.78, 5) is 37.3. The quantitative estimate of drug-likeness (QED) is 0.601. The minimum atomic E-state index is -0.508. The van der Waals surface area contributed by atoms with Crippen LogP contribution >= 0.6 is 23.7 Å². The van der Waals surface area contributed by atoms with E-state index in [0.717, 1.165) is 43.7 Å². The minimum Gasteiger partial charge on any atom is -0.350 e. The lowest BCUT2D eigenvalue weighted by atomic mass is 10.1. The Kier molecular flexibility index (Phi) is 6.74. The molecule has 3 rings (SSSR count). The maximum atomic E-state index is 12.6. The SMILES string of the molecule is Cl.O=C(N[C@H]1CCCNC1)C1CCCN1C(=O)c1ccc([N+](=O)[O-])s1. The number of carbonyl (C=O) groups excluding carboxylic acids is 2. The lowest BCUT2D eigenvalue weighted by Gasteiger charge is -2.28. The Hall–Kier alpha value is -1.71. The van der Waals surface area contributed by atoms with Crippen LogP contribution in [0.4, 0.5) is 5.00 Å². The first-order chi connectivity index (χ1) is 11.6. The van der Waals surface area contributed by atoms with E-state index in [1.165, 1.54) is 12.1 Å². The highest BCUT2D eigenvalue weighted by Gasteiger charge is 2.36. The van der Waals surface area contributed by atoms with Gasteiger partial charge in [-0.3, -0.25) is 19.7 Å². The molecule has 3 heterocycles. The average Bonchev–Trinajstić information content (AvgIpc) is 3.25. The van der Waals surface area contributed by atoms with E-state index in [9.17, 15) is 19.7 Å². The van der Waals surface area contributed by atoms with Crippen molar-refractivity contribution in [3.8, 4) is 0 Å². The maximum Gasteiger partial charge on any atom is 0.324 e. The van der Waals surface area contributed by atoms with Gasteiger partial charge in [0.25, 0.3) is 5.91 Å². The fraction of sp³-hybridized carbons (Fsp3) is 0.600. The van der Waals surface area contributed by atoms with E-state index < -0.39 is 11.0 Å². The van der Waals surface area contributed by atoms with Crippen molar-refractivity contribution in [2.75, 3.05) is 19.6 Å². The molecule has 10 heteroatoms. The molecule has 2 N–H and O–H groups in total. The number of hydrogen-bond donors (Lipinski definition) is 2. The zero-order valence-corrected chi connectivity index (χ0v) is 15.2. The van der Waals surface area contributed by atoms with Crippen LogP contribution in [0.1, 0.15) is 35.4 Å². The summed E-state index contributed by atoms with van der Waals surface area (Å²) in [5.74, 6) is -0.423. The summed E-state index contributed by atoms with van der Waals surface area (Å²) in [5, 5.41) is 17.0. The highest BCUT2D eigenvalue weighted by Crippen LogP contribution is 2.28. The van der Waals surface area contributed by atoms with Crippen LogP contribution < -0.4 is 10.6 Å². The van der Waals surface area contributed by atoms with Gasteiger partial charge in [0.05, 0.1) is 9.80 Å². The van der Waals surface area contributed by atoms with Crippen LogP contribution in [0.25, 0.3) is 0 Å². The van der Waals surface area contributed by atoms with Crippen LogP contribution in [0.2, 0.25) is 0 Å². The molecule has 2 fully saturated rings. The molecule has 0 saturated carbocycles. The highest BCUT2D eigenvalue weighted by atomic mass is 35.5. The topological polar surface area (TPSA) is 105 Å². The van der Waals surface area contributed by atoms with E-state index in [1.54, 1.807) is 4.90 Å². The van der Waals surface area contributed by atoms with E-state index in [4.69, 9.17) is 0 Å². The Balaban J connectivity index is 0.00000225. The van der Waals surface area contributed by atoms with Gasteiger partial charge in [-0.15, -0.1) is 12.4 Å². The Morgan fingerprint density at radius 2 is 2.12 bits per heavy atom. The van der Waals surface area contributed by atoms with Crippen LogP contribution in [0, 0.1) is 10.1 Å². The molecule has 25 heavy (non-hydrogen) atoms. The van der Waals surface area contributed by atoms with Crippen molar-refractivity contribution in [1.82, 2.24) is 15.5 Å². The van der Waals surface area contributed by atoms with E-state index >= 15 is 0 Å². The Bertz CT molecular complexity index is 647. The monoisotopic (exact) mass is 388 g/mol. The van der Waals surface area contributed by atoms with E-state index in [1.807, 2.05) is 0 Å². The number of thiophene rings is 1. The number of nitro groups is 1. The van der Waals surface area contributed by atoms with Gasteiger partial charge in [0.15, 0.2) is 0 Å². The van der Waals surface area contributed by atoms with Crippen molar-refractivity contribution in [2.45, 2.75) is 37.8 Å². The number of likely N-dealkylation sites (tertiary alicyclic amines) is 1. The van der Waals surface area contributed by atoms with Gasteiger partial charge in [-0.05, 0) is 38.3 Å². The molecule has 0 bridgehead atoms. The summed E-state index contributed by atoms with van der Waals surface area (Å²) in [5.41, 5.74) is 0. The minimum absolute atomic E-state index is 0. The maximum absolute atomic E-state index is 12.6. The zero-order chi connectivity index (χ0) is 17.1. The normalized spacial score (nSPS) is 23.0. The van der Waals surface area contributed by atoms with Crippen molar-refractivity contribution in [2.24, 2.45) is 0 Å². The van der Waals surface area contributed by atoms with Crippen LogP contribution in [-0.4, -0.2) is 53.4 Å². The summed E-state index contributed by atoms with van der Waals surface area (Å²) in [6.45, 7) is 2.23. The summed E-state index contributed by atoms with van der Waals surface area (Å²) in [6.07, 6.45) is 3.36. The van der Waals surface area contributed by atoms with Gasteiger partial charge in [-0.25, -0.2) is 0 Å². The number of amides is 2. The van der Waals surface area contributed by atoms with Gasteiger partial charge < -0.3 is 15.5 Å². The molecule has 0 spiro atoms. The lowest BCUT2D eigenvalue weighted by Crippen LogP contribution is -2.52. The second-order valence-corrected chi connectivity index (χ2v) is 7.17.